The van der Waals surface area contributed by atoms with Gasteiger partial charge in [0.1, 0.15) is 17.6 Å². The number of ether oxygens (including phenoxy) is 1. The van der Waals surface area contributed by atoms with Crippen LogP contribution in [0.1, 0.15) is 39.6 Å². The summed E-state index contributed by atoms with van der Waals surface area (Å²) in [5, 5.41) is 13.2. The molecule has 1 N–H and O–H groups in total. The Hall–Kier alpha value is -3.38. The highest BCUT2D eigenvalue weighted by atomic mass is 32.1. The van der Waals surface area contributed by atoms with Crippen LogP contribution in [0.4, 0.5) is 5.69 Å². The molecular formula is C26H23NO4S. The van der Waals surface area contributed by atoms with E-state index >= 15 is 0 Å². The van der Waals surface area contributed by atoms with Crippen LogP contribution in [-0.4, -0.2) is 23.4 Å². The van der Waals surface area contributed by atoms with Crippen molar-refractivity contribution in [1.82, 2.24) is 0 Å². The van der Waals surface area contributed by atoms with E-state index in [1.165, 1.54) is 16.2 Å². The van der Waals surface area contributed by atoms with E-state index in [2.05, 4.69) is 0 Å². The highest BCUT2D eigenvalue weighted by Gasteiger charge is 2.47. The summed E-state index contributed by atoms with van der Waals surface area (Å²) in [6.07, 6.45) is 1.76. The number of anilines is 1. The molecule has 32 heavy (non-hydrogen) atoms. The minimum atomic E-state index is -0.678. The molecule has 2 aliphatic rings. The Bertz CT molecular complexity index is 1260. The van der Waals surface area contributed by atoms with Gasteiger partial charge in [0.05, 0.1) is 12.2 Å². The number of rotatable bonds is 3. The third kappa shape index (κ3) is 3.22. The lowest BCUT2D eigenvalue weighted by Crippen LogP contribution is -2.29. The van der Waals surface area contributed by atoms with Crippen LogP contribution in [-0.2, 0) is 16.0 Å². The second-order valence-electron chi connectivity index (χ2n) is 8.18. The molecule has 2 aromatic carbocycles. The molecule has 3 heterocycles. The summed E-state index contributed by atoms with van der Waals surface area (Å²) in [4.78, 5) is 28.9. The van der Waals surface area contributed by atoms with E-state index in [1.54, 1.807) is 6.07 Å². The fourth-order valence-corrected chi connectivity index (χ4v) is 5.28. The summed E-state index contributed by atoms with van der Waals surface area (Å²) in [6, 6.07) is 14.2. The molecule has 6 heteroatoms. The number of hydrogen-bond donors (Lipinski definition) is 1. The number of ketones is 1. The molecule has 1 unspecified atom stereocenters. The molecule has 1 atom stereocenters. The number of benzene rings is 2. The topological polar surface area (TPSA) is 66.8 Å². The monoisotopic (exact) mass is 445 g/mol. The summed E-state index contributed by atoms with van der Waals surface area (Å²) in [5.74, 6) is -0.642. The van der Waals surface area contributed by atoms with Crippen LogP contribution in [0.2, 0.25) is 0 Å². The number of aliphatic hydroxyl groups excluding tert-OH is 1. The summed E-state index contributed by atoms with van der Waals surface area (Å²) in [7, 11) is 0. The average molecular weight is 446 g/mol. The molecule has 5 nitrogen and oxygen atoms in total. The quantitative estimate of drug-likeness (QED) is 0.337. The number of carbonyl (C=O) groups excluding carboxylic acids is 2. The Morgan fingerprint density at radius 3 is 2.75 bits per heavy atom. The number of hydrogen-bond acceptors (Lipinski definition) is 5. The van der Waals surface area contributed by atoms with Crippen LogP contribution in [0.25, 0.3) is 5.76 Å². The van der Waals surface area contributed by atoms with Crippen molar-refractivity contribution in [1.29, 1.82) is 0 Å². The van der Waals surface area contributed by atoms with Crippen molar-refractivity contribution in [2.24, 2.45) is 0 Å². The molecule has 0 saturated carbocycles. The highest BCUT2D eigenvalue weighted by molar-refractivity contribution is 7.10. The van der Waals surface area contributed by atoms with Gasteiger partial charge in [0.25, 0.3) is 11.7 Å². The number of aryl methyl sites for hydroxylation is 2. The Kier molecular flexibility index (Phi) is 5.10. The average Bonchev–Trinajstić information content (AvgIpc) is 3.42. The van der Waals surface area contributed by atoms with Crippen molar-refractivity contribution in [3.05, 3.63) is 86.6 Å². The predicted molar refractivity (Wildman–Crippen MR) is 125 cm³/mol. The molecule has 1 aromatic heterocycles. The maximum absolute atomic E-state index is 13.3. The molecule has 0 spiro atoms. The van der Waals surface area contributed by atoms with Gasteiger partial charge >= 0.3 is 0 Å². The van der Waals surface area contributed by atoms with E-state index in [0.717, 1.165) is 40.2 Å². The van der Waals surface area contributed by atoms with Gasteiger partial charge < -0.3 is 9.84 Å². The molecule has 1 fully saturated rings. The summed E-state index contributed by atoms with van der Waals surface area (Å²) >= 11 is 1.46. The number of fused-ring (bicyclic) bond motifs is 1. The largest absolute Gasteiger partial charge is 0.507 e. The number of amides is 1. The lowest BCUT2D eigenvalue weighted by Gasteiger charge is -2.26. The molecule has 2 aliphatic heterocycles. The molecular weight excluding hydrogens is 422 g/mol. The van der Waals surface area contributed by atoms with Crippen LogP contribution in [0.3, 0.4) is 0 Å². The van der Waals surface area contributed by atoms with Crippen molar-refractivity contribution < 1.29 is 19.4 Å². The molecule has 3 aromatic rings. The standard InChI is InChI=1S/C26H23NO4S/c1-15-6-3-8-19(16(15)2)27-23(21-9-5-13-32-21)22(25(29)26(27)30)24(28)18-10-11-20-17(14-18)7-4-12-31-20/h3,5-6,8-11,13-14,23,28H,4,7,12H2,1-2H3/b24-22-. The smallest absolute Gasteiger partial charge is 0.300 e. The Balaban J connectivity index is 1.70. The number of Topliss-reactive ketones (excluding diaryl/α,β-unsaturated/α-hetero) is 1. The summed E-state index contributed by atoms with van der Waals surface area (Å²) in [5.41, 5.74) is 4.29. The zero-order valence-electron chi connectivity index (χ0n) is 17.9. The minimum absolute atomic E-state index is 0.120. The van der Waals surface area contributed by atoms with Crippen LogP contribution in [0, 0.1) is 13.8 Å². The van der Waals surface area contributed by atoms with Gasteiger partial charge in [-0.25, -0.2) is 0 Å². The molecule has 1 amide bonds. The van der Waals surface area contributed by atoms with Gasteiger partial charge in [0, 0.05) is 16.1 Å². The van der Waals surface area contributed by atoms with Crippen LogP contribution in [0.5, 0.6) is 5.75 Å². The summed E-state index contributed by atoms with van der Waals surface area (Å²) < 4.78 is 5.68. The molecule has 1 saturated heterocycles. The van der Waals surface area contributed by atoms with Gasteiger partial charge in [-0.3, -0.25) is 14.5 Å². The van der Waals surface area contributed by atoms with E-state index in [9.17, 15) is 14.7 Å². The van der Waals surface area contributed by atoms with E-state index in [1.807, 2.05) is 61.7 Å². The first-order chi connectivity index (χ1) is 15.5. The van der Waals surface area contributed by atoms with Crippen LogP contribution >= 0.6 is 11.3 Å². The molecule has 0 bridgehead atoms. The van der Waals surface area contributed by atoms with E-state index in [-0.39, 0.29) is 11.3 Å². The number of thiophene rings is 1. The van der Waals surface area contributed by atoms with Crippen LogP contribution in [0.15, 0.2) is 59.5 Å². The molecule has 0 radical (unpaired) electrons. The van der Waals surface area contributed by atoms with Crippen molar-refractivity contribution in [3.63, 3.8) is 0 Å². The first-order valence-electron chi connectivity index (χ1n) is 10.6. The zero-order chi connectivity index (χ0) is 22.4. The van der Waals surface area contributed by atoms with Gasteiger partial charge in [-0.1, -0.05) is 18.2 Å². The zero-order valence-corrected chi connectivity index (χ0v) is 18.7. The highest BCUT2D eigenvalue weighted by Crippen LogP contribution is 2.45. The van der Waals surface area contributed by atoms with E-state index < -0.39 is 17.7 Å². The second-order valence-corrected chi connectivity index (χ2v) is 9.16. The maximum atomic E-state index is 13.3. The lowest BCUT2D eigenvalue weighted by molar-refractivity contribution is -0.132. The van der Waals surface area contributed by atoms with Crippen molar-refractivity contribution in [2.45, 2.75) is 32.7 Å². The third-order valence-electron chi connectivity index (χ3n) is 6.27. The van der Waals surface area contributed by atoms with Crippen LogP contribution < -0.4 is 9.64 Å². The second kappa shape index (κ2) is 7.95. The van der Waals surface area contributed by atoms with E-state index in [0.29, 0.717) is 17.9 Å². The van der Waals surface area contributed by atoms with Crippen molar-refractivity contribution in [3.8, 4) is 5.75 Å². The molecule has 5 rings (SSSR count). The molecule has 162 valence electrons. The number of carbonyl (C=O) groups is 2. The van der Waals surface area contributed by atoms with E-state index in [4.69, 9.17) is 4.74 Å². The fraction of sp³-hybridized carbons (Fsp3) is 0.231. The van der Waals surface area contributed by atoms with Crippen molar-refractivity contribution in [2.75, 3.05) is 11.5 Å². The number of nitrogens with zero attached hydrogens (tertiary/aromatic N) is 1. The SMILES string of the molecule is Cc1cccc(N2C(=O)C(=O)/C(=C(\O)c3ccc4c(c3)CCCO4)C2c2cccs2)c1C. The first-order valence-corrected chi connectivity index (χ1v) is 11.5. The molecule has 0 aliphatic carbocycles. The lowest BCUT2D eigenvalue weighted by atomic mass is 9.96. The summed E-state index contributed by atoms with van der Waals surface area (Å²) in [6.45, 7) is 4.60. The van der Waals surface area contributed by atoms with Gasteiger partial charge in [-0.15, -0.1) is 11.3 Å². The van der Waals surface area contributed by atoms with Gasteiger partial charge in [0.2, 0.25) is 0 Å². The fourth-order valence-electron chi connectivity index (χ4n) is 4.46. The first kappa shape index (κ1) is 20.5. The maximum Gasteiger partial charge on any atom is 0.300 e. The third-order valence-corrected chi connectivity index (χ3v) is 7.20. The van der Waals surface area contributed by atoms with Gasteiger partial charge in [-0.2, -0.15) is 0 Å². The normalized spacial score (nSPS) is 19.7. The minimum Gasteiger partial charge on any atom is -0.507 e. The Morgan fingerprint density at radius 2 is 1.97 bits per heavy atom. The van der Waals surface area contributed by atoms with Gasteiger partial charge in [-0.05, 0) is 79.1 Å². The Morgan fingerprint density at radius 1 is 1.12 bits per heavy atom. The van der Waals surface area contributed by atoms with Gasteiger partial charge in [0.15, 0.2) is 0 Å². The predicted octanol–water partition coefficient (Wildman–Crippen LogP) is 5.32. The van der Waals surface area contributed by atoms with Crippen molar-refractivity contribution >= 4 is 34.5 Å². The Labute approximate surface area is 190 Å². The number of aliphatic hydroxyl groups is 1.